The quantitative estimate of drug-likeness (QED) is 0.381. The lowest BCUT2D eigenvalue weighted by molar-refractivity contribution is -0.138. The Morgan fingerprint density at radius 2 is 1.94 bits per heavy atom. The van der Waals surface area contributed by atoms with E-state index in [9.17, 15) is 22.8 Å². The summed E-state index contributed by atoms with van der Waals surface area (Å²) in [6.07, 6.45) is -1.16. The number of amides is 2. The van der Waals surface area contributed by atoms with Gasteiger partial charge in [-0.3, -0.25) is 14.7 Å². The van der Waals surface area contributed by atoms with Crippen molar-refractivity contribution in [2.75, 3.05) is 10.6 Å². The molecule has 0 radical (unpaired) electrons. The van der Waals surface area contributed by atoms with Gasteiger partial charge in [0.05, 0.1) is 17.3 Å². The fraction of sp³-hybridized carbons (Fsp3) is 0.261. The number of aryl methyl sites for hydroxylation is 1. The number of nitrogens with zero attached hydrogens (tertiary/aromatic N) is 4. The molecule has 0 atom stereocenters. The van der Waals surface area contributed by atoms with Crippen molar-refractivity contribution < 1.29 is 22.8 Å². The molecule has 0 unspecified atom stereocenters. The number of aromatic nitrogens is 5. The summed E-state index contributed by atoms with van der Waals surface area (Å²) >= 11 is 0. The Kier molecular flexibility index (Phi) is 5.50. The second-order valence-corrected chi connectivity index (χ2v) is 8.47. The number of aromatic amines is 1. The standard InChI is InChI=1S/C23H20F3N7O2/c1-12-2-6-15(9-17(12)23(24,25)26)27-20(34)11-33-10-19(30-32-33)14-5-7-16-18(8-14)29-31-21(16)28-22(35)13-3-4-13/h2,5-10,13H,3-4,11H2,1H3,(H,27,34)(H2,28,29,31,35). The van der Waals surface area contributed by atoms with Crippen LogP contribution < -0.4 is 10.6 Å². The molecule has 4 aromatic rings. The number of fused-ring (bicyclic) bond motifs is 1. The van der Waals surface area contributed by atoms with Crippen molar-refractivity contribution in [1.29, 1.82) is 0 Å². The molecule has 1 fully saturated rings. The Hall–Kier alpha value is -4.22. The molecule has 35 heavy (non-hydrogen) atoms. The first kappa shape index (κ1) is 22.6. The maximum atomic E-state index is 13.1. The molecular formula is C23H20F3N7O2. The van der Waals surface area contributed by atoms with Gasteiger partial charge in [0.2, 0.25) is 11.8 Å². The Morgan fingerprint density at radius 1 is 1.14 bits per heavy atom. The number of halogens is 3. The average Bonchev–Trinajstić information content (AvgIpc) is 3.44. The number of hydrogen-bond acceptors (Lipinski definition) is 5. The summed E-state index contributed by atoms with van der Waals surface area (Å²) in [7, 11) is 0. The van der Waals surface area contributed by atoms with Crippen LogP contribution in [0, 0.1) is 12.8 Å². The lowest BCUT2D eigenvalue weighted by Crippen LogP contribution is -2.19. The third-order valence-electron chi connectivity index (χ3n) is 5.72. The number of carbonyl (C=O) groups excluding carboxylic acids is 2. The molecule has 3 N–H and O–H groups in total. The van der Waals surface area contributed by atoms with Crippen LogP contribution in [0.25, 0.3) is 22.2 Å². The maximum absolute atomic E-state index is 13.1. The molecule has 12 heteroatoms. The third-order valence-corrected chi connectivity index (χ3v) is 5.72. The first-order valence-electron chi connectivity index (χ1n) is 10.8. The van der Waals surface area contributed by atoms with E-state index in [-0.39, 0.29) is 29.6 Å². The van der Waals surface area contributed by atoms with Gasteiger partial charge in [-0.1, -0.05) is 17.3 Å². The Bertz CT molecular complexity index is 1440. The molecule has 2 aromatic heterocycles. The van der Waals surface area contributed by atoms with Crippen LogP contribution in [0.3, 0.4) is 0 Å². The van der Waals surface area contributed by atoms with Crippen molar-refractivity contribution in [1.82, 2.24) is 25.2 Å². The number of rotatable bonds is 6. The molecule has 9 nitrogen and oxygen atoms in total. The molecule has 1 saturated carbocycles. The van der Waals surface area contributed by atoms with E-state index in [0.29, 0.717) is 22.6 Å². The molecule has 0 bridgehead atoms. The molecule has 2 amide bonds. The Balaban J connectivity index is 1.27. The van der Waals surface area contributed by atoms with E-state index in [1.54, 1.807) is 24.4 Å². The largest absolute Gasteiger partial charge is 0.416 e. The van der Waals surface area contributed by atoms with E-state index < -0.39 is 17.6 Å². The van der Waals surface area contributed by atoms with E-state index >= 15 is 0 Å². The maximum Gasteiger partial charge on any atom is 0.416 e. The zero-order chi connectivity index (χ0) is 24.7. The minimum absolute atomic E-state index is 0.0380. The van der Waals surface area contributed by atoms with Gasteiger partial charge in [-0.2, -0.15) is 18.3 Å². The first-order valence-corrected chi connectivity index (χ1v) is 10.8. The van der Waals surface area contributed by atoms with Crippen LogP contribution >= 0.6 is 0 Å². The van der Waals surface area contributed by atoms with Crippen LogP contribution in [0.1, 0.15) is 24.0 Å². The Labute approximate surface area is 196 Å². The van der Waals surface area contributed by atoms with Crippen LogP contribution in [0.15, 0.2) is 42.6 Å². The highest BCUT2D eigenvalue weighted by atomic mass is 19.4. The lowest BCUT2D eigenvalue weighted by atomic mass is 10.1. The van der Waals surface area contributed by atoms with Crippen LogP contribution in [-0.4, -0.2) is 37.0 Å². The van der Waals surface area contributed by atoms with Crippen LogP contribution in [0.2, 0.25) is 0 Å². The van der Waals surface area contributed by atoms with Crippen LogP contribution in [0.5, 0.6) is 0 Å². The molecule has 1 aliphatic carbocycles. The lowest BCUT2D eigenvalue weighted by Gasteiger charge is -2.12. The van der Waals surface area contributed by atoms with Gasteiger partial charge in [0.15, 0.2) is 5.82 Å². The van der Waals surface area contributed by atoms with Crippen molar-refractivity contribution in [2.24, 2.45) is 5.92 Å². The smallest absolute Gasteiger partial charge is 0.324 e. The number of nitrogens with one attached hydrogen (secondary N) is 3. The highest BCUT2D eigenvalue weighted by Crippen LogP contribution is 2.34. The molecule has 0 spiro atoms. The van der Waals surface area contributed by atoms with Gasteiger partial charge < -0.3 is 10.6 Å². The summed E-state index contributed by atoms with van der Waals surface area (Å²) in [4.78, 5) is 24.4. The van der Waals surface area contributed by atoms with Crippen molar-refractivity contribution in [3.63, 3.8) is 0 Å². The minimum Gasteiger partial charge on any atom is -0.324 e. The number of hydrogen-bond donors (Lipinski definition) is 3. The summed E-state index contributed by atoms with van der Waals surface area (Å²) in [5.41, 5.74) is 1.21. The SMILES string of the molecule is Cc1ccc(NC(=O)Cn2cc(-c3ccc4c(NC(=O)C5CC5)n[nH]c4c3)nn2)cc1C(F)(F)F. The van der Waals surface area contributed by atoms with Crippen molar-refractivity contribution >= 4 is 34.2 Å². The molecule has 2 aromatic carbocycles. The molecule has 1 aliphatic rings. The van der Waals surface area contributed by atoms with Gasteiger partial charge in [0.25, 0.3) is 0 Å². The van der Waals surface area contributed by atoms with Crippen LogP contribution in [0.4, 0.5) is 24.7 Å². The van der Waals surface area contributed by atoms with E-state index in [1.165, 1.54) is 23.7 Å². The first-order chi connectivity index (χ1) is 16.7. The minimum atomic E-state index is -4.51. The zero-order valence-electron chi connectivity index (χ0n) is 18.5. The predicted molar refractivity (Wildman–Crippen MR) is 121 cm³/mol. The summed E-state index contributed by atoms with van der Waals surface area (Å²) in [5, 5.41) is 21.1. The number of carbonyl (C=O) groups is 2. The highest BCUT2D eigenvalue weighted by molar-refractivity contribution is 6.02. The highest BCUT2D eigenvalue weighted by Gasteiger charge is 2.32. The van der Waals surface area contributed by atoms with E-state index in [2.05, 4.69) is 31.1 Å². The number of anilines is 2. The zero-order valence-corrected chi connectivity index (χ0v) is 18.5. The monoisotopic (exact) mass is 483 g/mol. The normalized spacial score (nSPS) is 13.7. The van der Waals surface area contributed by atoms with Gasteiger partial charge in [-0.05, 0) is 49.6 Å². The van der Waals surface area contributed by atoms with Crippen molar-refractivity contribution in [3.05, 3.63) is 53.7 Å². The fourth-order valence-electron chi connectivity index (χ4n) is 3.70. The molecule has 5 rings (SSSR count). The number of H-pyrrole nitrogens is 1. The van der Waals surface area contributed by atoms with E-state index in [0.717, 1.165) is 24.3 Å². The van der Waals surface area contributed by atoms with Crippen LogP contribution in [-0.2, 0) is 22.3 Å². The molecular weight excluding hydrogens is 463 g/mol. The number of benzene rings is 2. The predicted octanol–water partition coefficient (Wildman–Crippen LogP) is 4.14. The van der Waals surface area contributed by atoms with E-state index in [4.69, 9.17) is 0 Å². The van der Waals surface area contributed by atoms with E-state index in [1.807, 2.05) is 0 Å². The molecule has 180 valence electrons. The molecule has 2 heterocycles. The Morgan fingerprint density at radius 3 is 2.69 bits per heavy atom. The summed E-state index contributed by atoms with van der Waals surface area (Å²) in [5.74, 6) is -0.0537. The summed E-state index contributed by atoms with van der Waals surface area (Å²) < 4.78 is 40.6. The van der Waals surface area contributed by atoms with Gasteiger partial charge >= 0.3 is 6.18 Å². The van der Waals surface area contributed by atoms with Gasteiger partial charge in [0.1, 0.15) is 12.2 Å². The van der Waals surface area contributed by atoms with Gasteiger partial charge in [-0.25, -0.2) is 4.68 Å². The summed E-state index contributed by atoms with van der Waals surface area (Å²) in [6, 6.07) is 9.02. The van der Waals surface area contributed by atoms with Crippen molar-refractivity contribution in [3.8, 4) is 11.3 Å². The topological polar surface area (TPSA) is 118 Å². The molecule has 0 saturated heterocycles. The molecule has 0 aliphatic heterocycles. The second kappa shape index (κ2) is 8.53. The third kappa shape index (κ3) is 4.86. The van der Waals surface area contributed by atoms with Crippen molar-refractivity contribution in [2.45, 2.75) is 32.5 Å². The average molecular weight is 483 g/mol. The van der Waals surface area contributed by atoms with Gasteiger partial charge in [-0.15, -0.1) is 5.10 Å². The number of alkyl halides is 3. The summed E-state index contributed by atoms with van der Waals surface area (Å²) in [6.45, 7) is 1.13. The van der Waals surface area contributed by atoms with Gasteiger partial charge in [0, 0.05) is 22.6 Å². The second-order valence-electron chi connectivity index (χ2n) is 8.47. The fourth-order valence-corrected chi connectivity index (χ4v) is 3.70.